The maximum Gasteiger partial charge on any atom is 0.252 e. The quantitative estimate of drug-likeness (QED) is 0.302. The normalized spacial score (nSPS) is 24.7. The fourth-order valence-corrected chi connectivity index (χ4v) is 2.22. The van der Waals surface area contributed by atoms with Gasteiger partial charge in [0.25, 0.3) is 5.91 Å². The summed E-state index contributed by atoms with van der Waals surface area (Å²) < 4.78 is 23.0. The van der Waals surface area contributed by atoms with Gasteiger partial charge >= 0.3 is 0 Å². The molecule has 0 bridgehead atoms. The Bertz CT molecular complexity index is 286. The Hall–Kier alpha value is -0.660. The molecule has 0 aliphatic carbocycles. The van der Waals surface area contributed by atoms with Gasteiger partial charge < -0.3 is 0 Å². The molecule has 1 aliphatic rings. The van der Waals surface area contributed by atoms with Gasteiger partial charge in [0.1, 0.15) is 6.04 Å². The zero-order valence-electron chi connectivity index (χ0n) is 6.65. The van der Waals surface area contributed by atoms with Crippen LogP contribution < -0.4 is 11.3 Å². The van der Waals surface area contributed by atoms with E-state index in [-0.39, 0.29) is 0 Å². The smallest absolute Gasteiger partial charge is 0.252 e. The summed E-state index contributed by atoms with van der Waals surface area (Å²) in [7, 11) is -3.25. The average molecular weight is 193 g/mol. The van der Waals surface area contributed by atoms with E-state index in [9.17, 15) is 13.2 Å². The summed E-state index contributed by atoms with van der Waals surface area (Å²) in [5.41, 5.74) is 1.92. The molecule has 1 unspecified atom stereocenters. The number of amides is 1. The molecule has 1 atom stereocenters. The Kier molecular flexibility index (Phi) is 2.36. The number of carbonyl (C=O) groups excluding carboxylic acids is 1. The summed E-state index contributed by atoms with van der Waals surface area (Å²) in [6.45, 7) is 0.400. The van der Waals surface area contributed by atoms with Crippen molar-refractivity contribution in [3.05, 3.63) is 0 Å². The lowest BCUT2D eigenvalue weighted by atomic mass is 10.1. The van der Waals surface area contributed by atoms with E-state index in [0.717, 1.165) is 10.6 Å². The van der Waals surface area contributed by atoms with Crippen LogP contribution in [-0.2, 0) is 14.8 Å². The number of hydrogen-bond acceptors (Lipinski definition) is 4. The van der Waals surface area contributed by atoms with Gasteiger partial charge in [0.2, 0.25) is 10.0 Å². The summed E-state index contributed by atoms with van der Waals surface area (Å²) in [5, 5.41) is 0. The van der Waals surface area contributed by atoms with Crippen LogP contribution in [0.4, 0.5) is 0 Å². The number of sulfonamides is 1. The second kappa shape index (κ2) is 3.00. The van der Waals surface area contributed by atoms with Crippen molar-refractivity contribution in [2.45, 2.75) is 12.5 Å². The second-order valence-electron chi connectivity index (χ2n) is 2.69. The lowest BCUT2D eigenvalue weighted by Gasteiger charge is -2.36. The first-order chi connectivity index (χ1) is 5.46. The van der Waals surface area contributed by atoms with Gasteiger partial charge in [0.15, 0.2) is 0 Å². The predicted octanol–water partition coefficient (Wildman–Crippen LogP) is -1.99. The summed E-state index contributed by atoms with van der Waals surface area (Å²) >= 11 is 0. The van der Waals surface area contributed by atoms with Crippen LogP contribution in [0.25, 0.3) is 0 Å². The number of carbonyl (C=O) groups is 1. The minimum absolute atomic E-state index is 0.400. The van der Waals surface area contributed by atoms with E-state index in [4.69, 9.17) is 5.84 Å². The topological polar surface area (TPSA) is 92.5 Å². The summed E-state index contributed by atoms with van der Waals surface area (Å²) in [6.07, 6.45) is 1.61. The van der Waals surface area contributed by atoms with Crippen molar-refractivity contribution in [1.82, 2.24) is 9.73 Å². The largest absolute Gasteiger partial charge is 0.293 e. The van der Waals surface area contributed by atoms with E-state index in [2.05, 4.69) is 0 Å². The molecule has 1 rings (SSSR count). The standard InChI is InChI=1S/C5H11N3O3S/c1-12(10,11)8-3-2-4(8)5(9)7-6/h4H,2-3,6H2,1H3,(H,7,9). The van der Waals surface area contributed by atoms with E-state index in [1.807, 2.05) is 5.43 Å². The van der Waals surface area contributed by atoms with Gasteiger partial charge in [-0.25, -0.2) is 14.3 Å². The molecule has 3 N–H and O–H groups in total. The third-order valence-corrected chi connectivity index (χ3v) is 3.13. The Morgan fingerprint density at radius 2 is 2.25 bits per heavy atom. The molecule has 0 aromatic carbocycles. The SMILES string of the molecule is CS(=O)(=O)N1CCC1C(=O)NN. The second-order valence-corrected chi connectivity index (χ2v) is 4.62. The number of nitrogens with one attached hydrogen (secondary N) is 1. The molecule has 0 spiro atoms. The maximum atomic E-state index is 10.9. The van der Waals surface area contributed by atoms with Gasteiger partial charge in [-0.3, -0.25) is 10.2 Å². The van der Waals surface area contributed by atoms with Crippen molar-refractivity contribution in [2.24, 2.45) is 5.84 Å². The lowest BCUT2D eigenvalue weighted by Crippen LogP contribution is -2.58. The van der Waals surface area contributed by atoms with Gasteiger partial charge in [-0.15, -0.1) is 0 Å². The van der Waals surface area contributed by atoms with Gasteiger partial charge in [0, 0.05) is 6.54 Å². The van der Waals surface area contributed by atoms with Crippen LogP contribution in [0.5, 0.6) is 0 Å². The molecule has 1 aliphatic heterocycles. The third kappa shape index (κ3) is 1.57. The number of nitrogens with zero attached hydrogens (tertiary/aromatic N) is 1. The van der Waals surface area contributed by atoms with Crippen LogP contribution in [0.1, 0.15) is 6.42 Å². The molecule has 1 saturated heterocycles. The summed E-state index contributed by atoms with van der Waals surface area (Å²) in [5.74, 6) is 4.41. The highest BCUT2D eigenvalue weighted by atomic mass is 32.2. The predicted molar refractivity (Wildman–Crippen MR) is 42.3 cm³/mol. The lowest BCUT2D eigenvalue weighted by molar-refractivity contribution is -0.127. The van der Waals surface area contributed by atoms with Crippen LogP contribution in [0.15, 0.2) is 0 Å². The molecule has 1 amide bonds. The Morgan fingerprint density at radius 3 is 2.50 bits per heavy atom. The van der Waals surface area contributed by atoms with Gasteiger partial charge in [0.05, 0.1) is 6.26 Å². The van der Waals surface area contributed by atoms with E-state index < -0.39 is 22.0 Å². The van der Waals surface area contributed by atoms with Gasteiger partial charge in [-0.1, -0.05) is 0 Å². The molecule has 0 saturated carbocycles. The highest BCUT2D eigenvalue weighted by molar-refractivity contribution is 7.88. The molecule has 0 aromatic heterocycles. The molecule has 1 heterocycles. The number of rotatable bonds is 2. The monoisotopic (exact) mass is 193 g/mol. The van der Waals surface area contributed by atoms with Crippen molar-refractivity contribution < 1.29 is 13.2 Å². The third-order valence-electron chi connectivity index (χ3n) is 1.84. The number of hydrazine groups is 1. The van der Waals surface area contributed by atoms with Gasteiger partial charge in [-0.05, 0) is 6.42 Å². The zero-order valence-corrected chi connectivity index (χ0v) is 7.47. The van der Waals surface area contributed by atoms with E-state index >= 15 is 0 Å². The Morgan fingerprint density at radius 1 is 1.67 bits per heavy atom. The van der Waals surface area contributed by atoms with Crippen molar-refractivity contribution in [3.8, 4) is 0 Å². The first-order valence-electron chi connectivity index (χ1n) is 3.44. The summed E-state index contributed by atoms with van der Waals surface area (Å²) in [6, 6.07) is -0.606. The minimum Gasteiger partial charge on any atom is -0.293 e. The molecule has 1 fully saturated rings. The maximum absolute atomic E-state index is 10.9. The first-order valence-corrected chi connectivity index (χ1v) is 5.29. The van der Waals surface area contributed by atoms with Crippen LogP contribution in [-0.4, -0.2) is 37.5 Å². The van der Waals surface area contributed by atoms with Gasteiger partial charge in [-0.2, -0.15) is 4.31 Å². The van der Waals surface area contributed by atoms with Crippen molar-refractivity contribution in [1.29, 1.82) is 0 Å². The fraction of sp³-hybridized carbons (Fsp3) is 0.800. The van der Waals surface area contributed by atoms with Crippen LogP contribution in [0.3, 0.4) is 0 Å². The molecule has 0 aromatic rings. The van der Waals surface area contributed by atoms with Crippen LogP contribution >= 0.6 is 0 Å². The molecular weight excluding hydrogens is 182 g/mol. The fourth-order valence-electron chi connectivity index (χ4n) is 1.12. The highest BCUT2D eigenvalue weighted by Gasteiger charge is 2.39. The van der Waals surface area contributed by atoms with E-state index in [1.165, 1.54) is 0 Å². The van der Waals surface area contributed by atoms with E-state index in [0.29, 0.717) is 13.0 Å². The average Bonchev–Trinajstić information content (AvgIpc) is 1.80. The van der Waals surface area contributed by atoms with Crippen molar-refractivity contribution in [2.75, 3.05) is 12.8 Å². The Balaban J connectivity index is 2.68. The van der Waals surface area contributed by atoms with Crippen molar-refractivity contribution >= 4 is 15.9 Å². The molecule has 7 heteroatoms. The highest BCUT2D eigenvalue weighted by Crippen LogP contribution is 2.20. The number of hydrogen-bond donors (Lipinski definition) is 2. The zero-order chi connectivity index (χ0) is 9.35. The molecule has 12 heavy (non-hydrogen) atoms. The summed E-state index contributed by atoms with van der Waals surface area (Å²) in [4.78, 5) is 10.9. The molecular formula is C5H11N3O3S. The molecule has 0 radical (unpaired) electrons. The Labute approximate surface area is 70.7 Å². The molecule has 6 nitrogen and oxygen atoms in total. The first kappa shape index (κ1) is 9.43. The minimum atomic E-state index is -3.25. The molecule has 70 valence electrons. The number of nitrogens with two attached hydrogens (primary N) is 1. The van der Waals surface area contributed by atoms with Crippen LogP contribution in [0, 0.1) is 0 Å². The van der Waals surface area contributed by atoms with Crippen molar-refractivity contribution in [3.63, 3.8) is 0 Å². The van der Waals surface area contributed by atoms with E-state index in [1.54, 1.807) is 0 Å². The van der Waals surface area contributed by atoms with Crippen LogP contribution in [0.2, 0.25) is 0 Å².